The van der Waals surface area contributed by atoms with Crippen molar-refractivity contribution in [2.24, 2.45) is 0 Å². The van der Waals surface area contributed by atoms with Gasteiger partial charge in [-0.15, -0.1) is 89.0 Å². The molecular weight excluding hydrogens is 1290 g/mol. The smallest absolute Gasteiger partial charge is 0.515 e. The van der Waals surface area contributed by atoms with E-state index in [2.05, 4.69) is 77.4 Å². The molecule has 0 N–H and O–H groups in total. The van der Waals surface area contributed by atoms with E-state index in [0.29, 0.717) is 63.1 Å². The molecule has 0 spiro atoms. The maximum atomic E-state index is 6.78. The number of ether oxygens (including phenoxy) is 1. The number of hydrogen-bond donors (Lipinski definition) is 0. The van der Waals surface area contributed by atoms with E-state index < -0.39 is 0 Å². The van der Waals surface area contributed by atoms with Crippen molar-refractivity contribution in [1.29, 1.82) is 0 Å². The van der Waals surface area contributed by atoms with Crippen molar-refractivity contribution in [3.8, 4) is 124 Å². The second-order valence-corrected chi connectivity index (χ2v) is 16.4. The van der Waals surface area contributed by atoms with E-state index in [1.165, 1.54) is 0 Å². The summed E-state index contributed by atoms with van der Waals surface area (Å²) in [6.45, 7) is 0. The van der Waals surface area contributed by atoms with Crippen molar-refractivity contribution in [1.82, 2.24) is 49.8 Å². The predicted octanol–water partition coefficient (Wildman–Crippen LogP) is 13.1. The summed E-state index contributed by atoms with van der Waals surface area (Å²) in [6, 6.07) is 71.8. The van der Waals surface area contributed by atoms with E-state index in [1.54, 1.807) is 61.6 Å². The number of aromatic nitrogens is 10. The van der Waals surface area contributed by atoms with Gasteiger partial charge in [-0.2, -0.15) is 0 Å². The van der Waals surface area contributed by atoms with E-state index in [-0.39, 0.29) is 41.2 Å². The van der Waals surface area contributed by atoms with Crippen molar-refractivity contribution >= 4 is 0 Å². The molecule has 0 bridgehead atoms. The molecule has 13 heteroatoms. The van der Waals surface area contributed by atoms with Crippen molar-refractivity contribution in [3.63, 3.8) is 0 Å². The van der Waals surface area contributed by atoms with Crippen LogP contribution in [0.15, 0.2) is 213 Å². The zero-order valence-electron chi connectivity index (χ0n) is 39.2. The van der Waals surface area contributed by atoms with Crippen LogP contribution in [0.1, 0.15) is 0 Å². The summed E-state index contributed by atoms with van der Waals surface area (Å²) < 4.78 is 6.78. The molecular formula is C62H35IrN10OPt. The van der Waals surface area contributed by atoms with Gasteiger partial charge in [0, 0.05) is 65.8 Å². The summed E-state index contributed by atoms with van der Waals surface area (Å²) in [6.07, 6.45) is 12.0. The fraction of sp³-hybridized carbons (Fsp3) is 0. The minimum atomic E-state index is 0. The van der Waals surface area contributed by atoms with Crippen LogP contribution >= 0.6 is 0 Å². The molecule has 0 aliphatic carbocycles. The minimum absolute atomic E-state index is 0. The first-order chi connectivity index (χ1) is 36.2. The van der Waals surface area contributed by atoms with E-state index >= 15 is 0 Å². The largest absolute Gasteiger partial charge is 3.00 e. The van der Waals surface area contributed by atoms with Gasteiger partial charge in [-0.05, 0) is 52.7 Å². The van der Waals surface area contributed by atoms with Crippen molar-refractivity contribution in [3.05, 3.63) is 244 Å². The molecule has 358 valence electrons. The zero-order chi connectivity index (χ0) is 48.8. The summed E-state index contributed by atoms with van der Waals surface area (Å²) in [4.78, 5) is 47.3. The van der Waals surface area contributed by atoms with Crippen LogP contribution < -0.4 is 4.74 Å². The van der Waals surface area contributed by atoms with Crippen LogP contribution in [-0.2, 0) is 41.2 Å². The van der Waals surface area contributed by atoms with Gasteiger partial charge in [0.05, 0.1) is 11.6 Å². The van der Waals surface area contributed by atoms with Crippen LogP contribution in [0, 0.1) is 30.3 Å². The maximum Gasteiger partial charge on any atom is 3.00 e. The fourth-order valence-electron chi connectivity index (χ4n) is 8.39. The van der Waals surface area contributed by atoms with Crippen LogP contribution in [-0.4, -0.2) is 49.8 Å². The first-order valence-electron chi connectivity index (χ1n) is 23.2. The predicted molar refractivity (Wildman–Crippen MR) is 279 cm³/mol. The van der Waals surface area contributed by atoms with Gasteiger partial charge in [0.15, 0.2) is 17.5 Å². The van der Waals surface area contributed by atoms with Gasteiger partial charge in [-0.25, -0.2) is 32.6 Å². The number of pyridine rings is 1. The van der Waals surface area contributed by atoms with E-state index in [1.807, 2.05) is 140 Å². The van der Waals surface area contributed by atoms with Gasteiger partial charge in [0.2, 0.25) is 0 Å². The molecule has 75 heavy (non-hydrogen) atoms. The van der Waals surface area contributed by atoms with Gasteiger partial charge < -0.3 is 19.7 Å². The Labute approximate surface area is 460 Å². The van der Waals surface area contributed by atoms with E-state index in [4.69, 9.17) is 19.7 Å². The van der Waals surface area contributed by atoms with Crippen LogP contribution in [0.3, 0.4) is 0 Å². The quantitative estimate of drug-likeness (QED) is 0.108. The molecule has 0 saturated heterocycles. The third-order valence-electron chi connectivity index (χ3n) is 11.8. The maximum absolute atomic E-state index is 6.78. The topological polar surface area (TPSA) is 138 Å². The molecule has 0 fully saturated rings. The second kappa shape index (κ2) is 22.9. The Balaban J connectivity index is 0.00000321. The van der Waals surface area contributed by atoms with Gasteiger partial charge in [0.25, 0.3) is 0 Å². The monoisotopic (exact) mass is 1320 g/mol. The van der Waals surface area contributed by atoms with Gasteiger partial charge >= 0.3 is 41.2 Å². The Morgan fingerprint density at radius 1 is 0.320 bits per heavy atom. The third-order valence-corrected chi connectivity index (χ3v) is 11.8. The first kappa shape index (κ1) is 49.6. The Bertz CT molecular complexity index is 3730. The summed E-state index contributed by atoms with van der Waals surface area (Å²) in [5.74, 6) is 3.85. The molecule has 12 rings (SSSR count). The number of hydrogen-bond acceptors (Lipinski definition) is 11. The first-order valence-corrected chi connectivity index (χ1v) is 23.2. The molecule has 7 aromatic carbocycles. The molecule has 0 amide bonds. The SMILES string of the molecule is [Ir+3].[Pt+2].[c-]1cc(-c2ccccc2-c2nc(-c3ccccc3-c3c[c-]c(-c4ncccn4)cc3)nc(-c3ccccc3-c3c[c-]c(-c4ncccn4)cc3)n2)c(Oc2[c-]c(-c3ccccn3)ccc2)[c-]c1-c1ncccn1. The Morgan fingerprint density at radius 3 is 1.28 bits per heavy atom. The number of nitrogens with zero attached hydrogens (tertiary/aromatic N) is 10. The van der Waals surface area contributed by atoms with E-state index in [0.717, 1.165) is 61.3 Å². The molecule has 0 saturated carbocycles. The van der Waals surface area contributed by atoms with Crippen LogP contribution in [0.25, 0.3) is 113 Å². The molecule has 11 nitrogen and oxygen atoms in total. The zero-order valence-corrected chi connectivity index (χ0v) is 43.9. The molecule has 12 aromatic rings. The fourth-order valence-corrected chi connectivity index (χ4v) is 8.39. The van der Waals surface area contributed by atoms with Crippen molar-refractivity contribution < 1.29 is 45.9 Å². The minimum Gasteiger partial charge on any atom is -0.515 e. The molecule has 0 radical (unpaired) electrons. The summed E-state index contributed by atoms with van der Waals surface area (Å²) in [5.41, 5.74) is 11.0. The van der Waals surface area contributed by atoms with Crippen LogP contribution in [0.2, 0.25) is 0 Å². The summed E-state index contributed by atoms with van der Waals surface area (Å²) in [5, 5.41) is 0. The van der Waals surface area contributed by atoms with Gasteiger partial charge in [-0.1, -0.05) is 108 Å². The Hall–Kier alpha value is -8.92. The van der Waals surface area contributed by atoms with Gasteiger partial charge in [-0.3, -0.25) is 26.0 Å². The molecule has 5 heterocycles. The van der Waals surface area contributed by atoms with Crippen molar-refractivity contribution in [2.75, 3.05) is 0 Å². The standard InChI is InChI=1S/C62H35N10O.Ir.Pt/c1-4-18-52(48(15-1)41-22-26-43(27-23-41)57-64-33-10-34-65-57)60-70-61(53-19-5-2-16-49(53)42-24-28-44(29-25-42)58-66-35-11-36-67-58)72-62(71-60)54-20-6-3-17-50(54)51-31-30-46(59-68-37-12-38-69-59)40-56(51)73-47-14-9-13-45(39-47)55-21-7-8-32-63-55;;/h1-26,28,31-38H;;/q-5;+3;+2. The molecule has 0 unspecified atom stereocenters. The molecule has 0 atom stereocenters. The Morgan fingerprint density at radius 2 is 0.787 bits per heavy atom. The van der Waals surface area contributed by atoms with E-state index in [9.17, 15) is 0 Å². The molecule has 0 aliphatic heterocycles. The third kappa shape index (κ3) is 10.8. The summed E-state index contributed by atoms with van der Waals surface area (Å²) >= 11 is 0. The van der Waals surface area contributed by atoms with Crippen LogP contribution in [0.4, 0.5) is 0 Å². The number of rotatable bonds is 12. The average Bonchev–Trinajstić information content (AvgIpc) is 3.48. The number of benzene rings is 7. The summed E-state index contributed by atoms with van der Waals surface area (Å²) in [7, 11) is 0. The van der Waals surface area contributed by atoms with Gasteiger partial charge in [0.1, 0.15) is 0 Å². The van der Waals surface area contributed by atoms with Crippen LogP contribution in [0.5, 0.6) is 11.5 Å². The second-order valence-electron chi connectivity index (χ2n) is 16.4. The molecule has 0 aliphatic rings. The average molecular weight is 1320 g/mol. The normalized spacial score (nSPS) is 10.7. The molecule has 5 aromatic heterocycles. The van der Waals surface area contributed by atoms with Crippen molar-refractivity contribution in [2.45, 2.75) is 0 Å². The Kier molecular flexibility index (Phi) is 15.1.